The predicted molar refractivity (Wildman–Crippen MR) is 103 cm³/mol. The summed E-state index contributed by atoms with van der Waals surface area (Å²) in [7, 11) is 0. The highest BCUT2D eigenvalue weighted by Crippen LogP contribution is 2.37. The van der Waals surface area contributed by atoms with Crippen LogP contribution in [0.1, 0.15) is 75.3 Å². The average Bonchev–Trinajstić information content (AvgIpc) is 2.64. The summed E-state index contributed by atoms with van der Waals surface area (Å²) < 4.78 is 0. The molecule has 0 atom stereocenters. The van der Waals surface area contributed by atoms with Crippen molar-refractivity contribution in [1.29, 1.82) is 5.26 Å². The van der Waals surface area contributed by atoms with Gasteiger partial charge in [-0.3, -0.25) is 0 Å². The lowest BCUT2D eigenvalue weighted by atomic mass is 9.77. The maximum atomic E-state index is 8.43. The lowest BCUT2D eigenvalue weighted by Gasteiger charge is -2.28. The lowest BCUT2D eigenvalue weighted by molar-refractivity contribution is 0.312. The lowest BCUT2D eigenvalue weighted by Crippen LogP contribution is -2.13. The van der Waals surface area contributed by atoms with Gasteiger partial charge in [0.25, 0.3) is 0 Å². The summed E-state index contributed by atoms with van der Waals surface area (Å²) in [5.41, 5.74) is 3.04. The summed E-state index contributed by atoms with van der Waals surface area (Å²) in [5, 5.41) is 8.43. The first-order chi connectivity index (χ1) is 11.8. The summed E-state index contributed by atoms with van der Waals surface area (Å²) in [5.74, 6) is 1.66. The average molecular weight is 322 g/mol. The number of benzene rings is 1. The van der Waals surface area contributed by atoms with Crippen LogP contribution in [0.25, 0.3) is 0 Å². The van der Waals surface area contributed by atoms with Crippen molar-refractivity contribution < 1.29 is 0 Å². The fraction of sp³-hybridized carbons (Fsp3) is 0.522. The minimum atomic E-state index is 0.774. The normalized spacial score (nSPS) is 21.3. The zero-order valence-corrected chi connectivity index (χ0v) is 15.1. The van der Waals surface area contributed by atoms with E-state index in [0.717, 1.165) is 18.3 Å². The van der Waals surface area contributed by atoms with Gasteiger partial charge in [-0.15, -0.1) is 0 Å². The number of allylic oxidation sites excluding steroid dienone is 4. The first-order valence-corrected chi connectivity index (χ1v) is 9.63. The van der Waals surface area contributed by atoms with Crippen LogP contribution in [0.4, 0.5) is 0 Å². The van der Waals surface area contributed by atoms with Crippen LogP contribution in [-0.4, -0.2) is 0 Å². The molecule has 0 radical (unpaired) electrons. The van der Waals surface area contributed by atoms with Crippen molar-refractivity contribution in [2.24, 2.45) is 5.92 Å². The zero-order valence-electron chi connectivity index (χ0n) is 15.1. The van der Waals surface area contributed by atoms with Gasteiger partial charge in [0.15, 0.2) is 0 Å². The zero-order chi connectivity index (χ0) is 17.0. The van der Waals surface area contributed by atoms with Crippen LogP contribution in [-0.2, 0) is 6.42 Å². The number of unbranched alkanes of at least 4 members (excludes halogenated alkanes) is 1. The molecule has 0 bridgehead atoms. The van der Waals surface area contributed by atoms with E-state index in [1.165, 1.54) is 63.0 Å². The molecule has 0 amide bonds. The molecule has 0 unspecified atom stereocenters. The third kappa shape index (κ3) is 6.36. The largest absolute Gasteiger partial charge is 0.193 e. The van der Waals surface area contributed by atoms with Crippen LogP contribution in [0.15, 0.2) is 48.6 Å². The van der Waals surface area contributed by atoms with Gasteiger partial charge in [0.2, 0.25) is 0 Å². The maximum absolute atomic E-state index is 8.43. The second-order valence-corrected chi connectivity index (χ2v) is 7.06. The van der Waals surface area contributed by atoms with Gasteiger partial charge in [0, 0.05) is 6.08 Å². The van der Waals surface area contributed by atoms with Crippen LogP contribution < -0.4 is 0 Å². The van der Waals surface area contributed by atoms with Crippen molar-refractivity contribution in [2.75, 3.05) is 0 Å². The number of hydrogen-bond acceptors (Lipinski definition) is 1. The maximum Gasteiger partial charge on any atom is 0.0912 e. The van der Waals surface area contributed by atoms with Gasteiger partial charge in [0.1, 0.15) is 0 Å². The van der Waals surface area contributed by atoms with Gasteiger partial charge < -0.3 is 0 Å². The topological polar surface area (TPSA) is 23.8 Å². The molecule has 1 aliphatic carbocycles. The molecule has 0 saturated heterocycles. The number of aryl methyl sites for hydroxylation is 1. The molecule has 128 valence electrons. The van der Waals surface area contributed by atoms with E-state index >= 15 is 0 Å². The summed E-state index contributed by atoms with van der Waals surface area (Å²) in [6.45, 7) is 2.26. The van der Waals surface area contributed by atoms with E-state index in [1.807, 2.05) is 18.2 Å². The number of hydrogen-bond donors (Lipinski definition) is 0. The van der Waals surface area contributed by atoms with Crippen LogP contribution in [0.3, 0.4) is 0 Å². The molecule has 0 heterocycles. The Balaban J connectivity index is 1.71. The first-order valence-electron chi connectivity index (χ1n) is 9.63. The minimum Gasteiger partial charge on any atom is -0.193 e. The highest BCUT2D eigenvalue weighted by molar-refractivity contribution is 5.26. The van der Waals surface area contributed by atoms with E-state index in [4.69, 9.17) is 5.26 Å². The Hall–Kier alpha value is -1.81. The predicted octanol–water partition coefficient (Wildman–Crippen LogP) is 6.72. The van der Waals surface area contributed by atoms with Crippen molar-refractivity contribution in [1.82, 2.24) is 0 Å². The highest BCUT2D eigenvalue weighted by atomic mass is 14.3. The standard InChI is InChI=1S/C23H31N/c1-2-3-9-20-11-15-22(16-12-20)23-17-13-21(14-18-23)10-7-5-4-6-8-19-24/h4-6,8,11-12,15-16,21,23H,2-3,7,9-10,13-14,17-18H2,1H3. The van der Waals surface area contributed by atoms with E-state index < -0.39 is 0 Å². The second kappa shape index (κ2) is 10.9. The Morgan fingerprint density at radius 1 is 1.08 bits per heavy atom. The van der Waals surface area contributed by atoms with E-state index in [1.54, 1.807) is 5.56 Å². The van der Waals surface area contributed by atoms with Crippen LogP contribution in [0.2, 0.25) is 0 Å². The number of nitrogens with zero attached hydrogens (tertiary/aromatic N) is 1. The fourth-order valence-electron chi connectivity index (χ4n) is 3.73. The van der Waals surface area contributed by atoms with Gasteiger partial charge in [0.05, 0.1) is 6.07 Å². The van der Waals surface area contributed by atoms with Crippen LogP contribution >= 0.6 is 0 Å². The molecule has 24 heavy (non-hydrogen) atoms. The molecule has 0 aliphatic heterocycles. The van der Waals surface area contributed by atoms with E-state index in [0.29, 0.717) is 0 Å². The van der Waals surface area contributed by atoms with Gasteiger partial charge in [-0.2, -0.15) is 5.26 Å². The Labute approximate surface area is 148 Å². The third-order valence-corrected chi connectivity index (χ3v) is 5.28. The van der Waals surface area contributed by atoms with E-state index in [-0.39, 0.29) is 0 Å². The third-order valence-electron chi connectivity index (χ3n) is 5.28. The van der Waals surface area contributed by atoms with Crippen LogP contribution in [0, 0.1) is 17.2 Å². The van der Waals surface area contributed by atoms with Crippen molar-refractivity contribution in [3.05, 3.63) is 59.7 Å². The van der Waals surface area contributed by atoms with Crippen molar-refractivity contribution in [2.45, 2.75) is 70.6 Å². The molecule has 1 nitrogen and oxygen atoms in total. The molecule has 0 spiro atoms. The second-order valence-electron chi connectivity index (χ2n) is 7.06. The Bertz CT molecular complexity index is 551. The van der Waals surface area contributed by atoms with Crippen LogP contribution in [0.5, 0.6) is 0 Å². The number of nitriles is 1. The monoisotopic (exact) mass is 321 g/mol. The molecule has 1 aromatic rings. The van der Waals surface area contributed by atoms with Crippen molar-refractivity contribution in [3.63, 3.8) is 0 Å². The van der Waals surface area contributed by atoms with Gasteiger partial charge in [-0.25, -0.2) is 0 Å². The molecule has 1 fully saturated rings. The van der Waals surface area contributed by atoms with E-state index in [9.17, 15) is 0 Å². The van der Waals surface area contributed by atoms with Crippen molar-refractivity contribution in [3.8, 4) is 6.07 Å². The quantitative estimate of drug-likeness (QED) is 0.385. The molecule has 1 heteroatoms. The summed E-state index contributed by atoms with van der Waals surface area (Å²) in [6.07, 6.45) is 19.2. The van der Waals surface area contributed by atoms with Crippen molar-refractivity contribution >= 4 is 0 Å². The Morgan fingerprint density at radius 3 is 2.50 bits per heavy atom. The van der Waals surface area contributed by atoms with Gasteiger partial charge in [-0.1, -0.05) is 55.8 Å². The first kappa shape index (κ1) is 18.5. The highest BCUT2D eigenvalue weighted by Gasteiger charge is 2.21. The molecule has 1 aliphatic rings. The molecule has 0 aromatic heterocycles. The van der Waals surface area contributed by atoms with Gasteiger partial charge >= 0.3 is 0 Å². The summed E-state index contributed by atoms with van der Waals surface area (Å²) in [4.78, 5) is 0. The molecule has 2 rings (SSSR count). The number of rotatable bonds is 8. The Kier molecular flexibility index (Phi) is 8.39. The SMILES string of the molecule is CCCCc1ccc(C2CCC(CCC=CC=CC#N)CC2)cc1. The smallest absolute Gasteiger partial charge is 0.0912 e. The summed E-state index contributed by atoms with van der Waals surface area (Å²) in [6, 6.07) is 11.4. The Morgan fingerprint density at radius 2 is 1.83 bits per heavy atom. The molecular formula is C23H31N. The molecular weight excluding hydrogens is 290 g/mol. The molecule has 1 aromatic carbocycles. The molecule has 1 saturated carbocycles. The molecule has 0 N–H and O–H groups in total. The summed E-state index contributed by atoms with van der Waals surface area (Å²) >= 11 is 0. The van der Waals surface area contributed by atoms with E-state index in [2.05, 4.69) is 37.3 Å². The van der Waals surface area contributed by atoms with Gasteiger partial charge in [-0.05, 0) is 74.3 Å². The fourth-order valence-corrected chi connectivity index (χ4v) is 3.73. The minimum absolute atomic E-state index is 0.774.